The van der Waals surface area contributed by atoms with E-state index in [-0.39, 0.29) is 5.41 Å². The number of thiophene rings is 1. The third-order valence-electron chi connectivity index (χ3n) is 10.9. The Morgan fingerprint density at radius 3 is 1.92 bits per heavy atom. The molecule has 0 unspecified atom stereocenters. The fraction of sp³-hybridized carbons (Fsp3) is 0.0612. The summed E-state index contributed by atoms with van der Waals surface area (Å²) in [6.45, 7) is 4.69. The Morgan fingerprint density at radius 1 is 0.392 bits per heavy atom. The lowest BCUT2D eigenvalue weighted by Crippen LogP contribution is -2.15. The Bertz CT molecular complexity index is 2770. The lowest BCUT2D eigenvalue weighted by molar-refractivity contribution is 0.660. The molecular weight excluding hydrogens is 635 g/mol. The molecule has 0 radical (unpaired) electrons. The molecule has 0 fully saturated rings. The maximum absolute atomic E-state index is 2.41. The van der Waals surface area contributed by atoms with Gasteiger partial charge in [0.15, 0.2) is 0 Å². The zero-order valence-corrected chi connectivity index (χ0v) is 29.4. The van der Waals surface area contributed by atoms with Crippen LogP contribution in [-0.2, 0) is 5.41 Å². The minimum atomic E-state index is -0.0376. The third kappa shape index (κ3) is 4.75. The summed E-state index contributed by atoms with van der Waals surface area (Å²) in [4.78, 5) is 2.41. The molecule has 0 saturated heterocycles. The van der Waals surface area contributed by atoms with Gasteiger partial charge in [-0.05, 0) is 91.7 Å². The number of fused-ring (bicyclic) bond motifs is 8. The molecule has 0 saturated carbocycles. The molecule has 51 heavy (non-hydrogen) atoms. The lowest BCUT2D eigenvalue weighted by Gasteiger charge is -2.28. The number of nitrogens with zero attached hydrogens (tertiary/aromatic N) is 1. The largest absolute Gasteiger partial charge is 0.310 e. The predicted molar refractivity (Wildman–Crippen MR) is 220 cm³/mol. The zero-order valence-electron chi connectivity index (χ0n) is 28.6. The number of anilines is 3. The second kappa shape index (κ2) is 11.6. The van der Waals surface area contributed by atoms with Gasteiger partial charge in [0.05, 0.1) is 0 Å². The summed E-state index contributed by atoms with van der Waals surface area (Å²) in [6, 6.07) is 64.7. The topological polar surface area (TPSA) is 3.24 Å². The summed E-state index contributed by atoms with van der Waals surface area (Å²) >= 11 is 1.91. The van der Waals surface area contributed by atoms with E-state index in [0.717, 1.165) is 17.1 Å². The van der Waals surface area contributed by atoms with E-state index in [2.05, 4.69) is 195 Å². The first-order valence-corrected chi connectivity index (χ1v) is 18.5. The van der Waals surface area contributed by atoms with Crippen LogP contribution < -0.4 is 4.90 Å². The van der Waals surface area contributed by atoms with Crippen LogP contribution in [0.25, 0.3) is 64.3 Å². The van der Waals surface area contributed by atoms with Crippen LogP contribution in [-0.4, -0.2) is 0 Å². The van der Waals surface area contributed by atoms with Gasteiger partial charge in [0, 0.05) is 42.6 Å². The van der Waals surface area contributed by atoms with Gasteiger partial charge >= 0.3 is 0 Å². The summed E-state index contributed by atoms with van der Waals surface area (Å²) in [5, 5.41) is 5.27. The molecule has 8 aromatic carbocycles. The van der Waals surface area contributed by atoms with Crippen LogP contribution in [0.4, 0.5) is 17.1 Å². The van der Waals surface area contributed by atoms with E-state index in [1.807, 2.05) is 11.3 Å². The van der Waals surface area contributed by atoms with Crippen LogP contribution in [0.1, 0.15) is 25.0 Å². The van der Waals surface area contributed by atoms with Crippen LogP contribution in [0.2, 0.25) is 0 Å². The number of benzene rings is 8. The summed E-state index contributed by atoms with van der Waals surface area (Å²) in [5.74, 6) is 0. The van der Waals surface area contributed by atoms with E-state index in [1.54, 1.807) is 0 Å². The van der Waals surface area contributed by atoms with E-state index in [9.17, 15) is 0 Å². The van der Waals surface area contributed by atoms with E-state index < -0.39 is 0 Å². The van der Waals surface area contributed by atoms with Gasteiger partial charge in [-0.3, -0.25) is 0 Å². The average Bonchev–Trinajstić information content (AvgIpc) is 3.68. The van der Waals surface area contributed by atoms with Gasteiger partial charge in [-0.15, -0.1) is 11.3 Å². The molecule has 1 nitrogen and oxygen atoms in total. The van der Waals surface area contributed by atoms with E-state index in [1.165, 1.54) is 75.5 Å². The van der Waals surface area contributed by atoms with Gasteiger partial charge in [0.2, 0.25) is 0 Å². The lowest BCUT2D eigenvalue weighted by atomic mass is 9.82. The van der Waals surface area contributed by atoms with Crippen molar-refractivity contribution in [3.63, 3.8) is 0 Å². The first-order valence-electron chi connectivity index (χ1n) is 17.7. The van der Waals surface area contributed by atoms with Crippen molar-refractivity contribution in [1.29, 1.82) is 0 Å². The molecule has 0 bridgehead atoms. The van der Waals surface area contributed by atoms with Crippen molar-refractivity contribution in [2.75, 3.05) is 4.90 Å². The normalized spacial score (nSPS) is 13.1. The second-order valence-corrected chi connectivity index (χ2v) is 15.2. The molecule has 0 amide bonds. The zero-order chi connectivity index (χ0) is 34.1. The van der Waals surface area contributed by atoms with Crippen molar-refractivity contribution >= 4 is 59.3 Å². The Morgan fingerprint density at radius 2 is 1.04 bits per heavy atom. The van der Waals surface area contributed by atoms with Crippen molar-refractivity contribution < 1.29 is 0 Å². The highest BCUT2D eigenvalue weighted by Crippen LogP contribution is 2.51. The Balaban J connectivity index is 1.12. The first kappa shape index (κ1) is 29.9. The molecule has 1 aliphatic rings. The van der Waals surface area contributed by atoms with E-state index >= 15 is 0 Å². The summed E-state index contributed by atoms with van der Waals surface area (Å²) < 4.78 is 2.70. The minimum Gasteiger partial charge on any atom is -0.310 e. The van der Waals surface area contributed by atoms with Gasteiger partial charge in [0.25, 0.3) is 0 Å². The highest BCUT2D eigenvalue weighted by Gasteiger charge is 2.35. The fourth-order valence-electron chi connectivity index (χ4n) is 8.29. The number of hydrogen-bond acceptors (Lipinski definition) is 2. The molecule has 2 heteroatoms. The van der Waals surface area contributed by atoms with E-state index in [4.69, 9.17) is 0 Å². The van der Waals surface area contributed by atoms with Crippen molar-refractivity contribution in [2.24, 2.45) is 0 Å². The molecule has 0 aliphatic heterocycles. The predicted octanol–water partition coefficient (Wildman–Crippen LogP) is 14.3. The van der Waals surface area contributed by atoms with Crippen LogP contribution >= 0.6 is 11.3 Å². The quantitative estimate of drug-likeness (QED) is 0.176. The molecular formula is C49H35NS. The smallest absolute Gasteiger partial charge is 0.0468 e. The molecule has 242 valence electrons. The van der Waals surface area contributed by atoms with Crippen LogP contribution in [0.15, 0.2) is 176 Å². The van der Waals surface area contributed by atoms with Gasteiger partial charge in [-0.2, -0.15) is 0 Å². The molecule has 0 spiro atoms. The maximum Gasteiger partial charge on any atom is 0.0468 e. The van der Waals surface area contributed by atoms with Crippen molar-refractivity contribution in [1.82, 2.24) is 0 Å². The van der Waals surface area contributed by atoms with Crippen molar-refractivity contribution in [3.8, 4) is 33.4 Å². The second-order valence-electron chi connectivity index (χ2n) is 14.1. The van der Waals surface area contributed by atoms with Crippen LogP contribution in [0, 0.1) is 0 Å². The highest BCUT2D eigenvalue weighted by molar-refractivity contribution is 7.27. The van der Waals surface area contributed by atoms with Gasteiger partial charge in [-0.25, -0.2) is 0 Å². The molecule has 0 N–H and O–H groups in total. The summed E-state index contributed by atoms with van der Waals surface area (Å²) in [7, 11) is 0. The molecule has 0 atom stereocenters. The van der Waals surface area contributed by atoms with Gasteiger partial charge in [0.1, 0.15) is 0 Å². The molecule has 1 heterocycles. The monoisotopic (exact) mass is 669 g/mol. The van der Waals surface area contributed by atoms with E-state index in [0.29, 0.717) is 0 Å². The Kier molecular flexibility index (Phi) is 6.78. The number of hydrogen-bond donors (Lipinski definition) is 0. The Hall–Kier alpha value is -5.96. The van der Waals surface area contributed by atoms with Gasteiger partial charge < -0.3 is 4.90 Å². The average molecular weight is 670 g/mol. The fourth-order valence-corrected chi connectivity index (χ4v) is 9.66. The van der Waals surface area contributed by atoms with Crippen LogP contribution in [0.3, 0.4) is 0 Å². The van der Waals surface area contributed by atoms with Crippen molar-refractivity contribution in [3.05, 3.63) is 187 Å². The van der Waals surface area contributed by atoms with Crippen molar-refractivity contribution in [2.45, 2.75) is 19.3 Å². The minimum absolute atomic E-state index is 0.0376. The molecule has 1 aromatic heterocycles. The number of rotatable bonds is 5. The van der Waals surface area contributed by atoms with Gasteiger partial charge in [-0.1, -0.05) is 153 Å². The standard InChI is InChI=1S/C49H35NS/c1-49(2)45-21-9-8-18-41(45)44-31-38(27-29-46(44)49)50(37-16-10-15-35(30-37)32-12-4-3-5-13-32)36-25-22-34(23-26-36)40-19-11-20-42-43-28-24-33-14-6-7-17-39(33)48(43)51-47(40)42/h3-31H,1-2H3. The SMILES string of the molecule is CC1(C)c2ccccc2-c2cc(N(c3ccc(-c4cccc5c4sc4c6ccccc6ccc54)cc3)c3cccc(-c4ccccc4)c3)ccc21. The Labute approximate surface area is 302 Å². The highest BCUT2D eigenvalue weighted by atomic mass is 32.1. The molecule has 10 rings (SSSR count). The summed E-state index contributed by atoms with van der Waals surface area (Å²) in [6.07, 6.45) is 0. The summed E-state index contributed by atoms with van der Waals surface area (Å²) in [5.41, 5.74) is 13.7. The molecule has 1 aliphatic carbocycles. The third-order valence-corrected chi connectivity index (χ3v) is 12.2. The first-order chi connectivity index (χ1) is 25.0. The maximum atomic E-state index is 2.41. The van der Waals surface area contributed by atoms with Crippen LogP contribution in [0.5, 0.6) is 0 Å². The molecule has 9 aromatic rings.